The summed E-state index contributed by atoms with van der Waals surface area (Å²) in [4.78, 5) is 0. The first kappa shape index (κ1) is 15.5. The van der Waals surface area contributed by atoms with E-state index in [0.717, 1.165) is 18.4 Å². The van der Waals surface area contributed by atoms with E-state index >= 15 is 0 Å². The van der Waals surface area contributed by atoms with Gasteiger partial charge >= 0.3 is 8.80 Å². The normalized spacial score (nSPS) is 31.6. The van der Waals surface area contributed by atoms with Crippen molar-refractivity contribution in [2.24, 2.45) is 5.92 Å². The van der Waals surface area contributed by atoms with Crippen molar-refractivity contribution in [1.29, 1.82) is 0 Å². The monoisotopic (exact) mass is 280 g/mol. The topological polar surface area (TPSA) is 40.2 Å². The van der Waals surface area contributed by atoms with E-state index in [-0.39, 0.29) is 13.5 Å². The fraction of sp³-hybridized carbons (Fsp3) is 1.00. The van der Waals surface area contributed by atoms with Gasteiger partial charge < -0.3 is 18.0 Å². The number of hydrogen-bond acceptors (Lipinski definition) is 4. The van der Waals surface area contributed by atoms with Gasteiger partial charge in [-0.1, -0.05) is 0 Å². The van der Waals surface area contributed by atoms with E-state index in [2.05, 4.69) is 0 Å². The van der Waals surface area contributed by atoms with Gasteiger partial charge in [0.05, 0.1) is 12.2 Å². The molecule has 17 heavy (non-hydrogen) atoms. The van der Waals surface area contributed by atoms with E-state index in [4.69, 9.17) is 18.0 Å². The van der Waals surface area contributed by atoms with Crippen LogP contribution in [0.15, 0.2) is 0 Å². The highest BCUT2D eigenvalue weighted by Crippen LogP contribution is 2.41. The lowest BCUT2D eigenvalue weighted by atomic mass is 9.88. The Balaban J connectivity index is 0.00000144. The molecule has 0 aromatic rings. The van der Waals surface area contributed by atoms with Gasteiger partial charge in [0.1, 0.15) is 0 Å². The first-order valence-corrected chi connectivity index (χ1v) is 7.97. The van der Waals surface area contributed by atoms with Gasteiger partial charge in [-0.3, -0.25) is 0 Å². The first-order valence-electron chi connectivity index (χ1n) is 6.04. The largest absolute Gasteiger partial charge is 0.500 e. The van der Waals surface area contributed by atoms with Gasteiger partial charge in [-0.2, -0.15) is 13.5 Å². The van der Waals surface area contributed by atoms with Gasteiger partial charge in [0.15, 0.2) is 0 Å². The number of fused-ring (bicyclic) bond motifs is 1. The maximum absolute atomic E-state index is 5.54. The molecule has 0 amide bonds. The fourth-order valence-corrected chi connectivity index (χ4v) is 4.56. The molecule has 1 aliphatic heterocycles. The number of ether oxygens (including phenoxy) is 1. The van der Waals surface area contributed by atoms with E-state index in [1.54, 1.807) is 21.3 Å². The highest BCUT2D eigenvalue weighted by atomic mass is 32.1. The predicted molar refractivity (Wildman–Crippen MR) is 72.6 cm³/mol. The molecule has 2 aliphatic rings. The van der Waals surface area contributed by atoms with Crippen molar-refractivity contribution in [3.05, 3.63) is 0 Å². The van der Waals surface area contributed by atoms with Gasteiger partial charge in [-0.05, 0) is 31.6 Å². The third kappa shape index (κ3) is 3.68. The van der Waals surface area contributed by atoms with Crippen LogP contribution in [0.5, 0.6) is 0 Å². The molecule has 0 spiro atoms. The maximum Gasteiger partial charge on any atom is 0.500 e. The van der Waals surface area contributed by atoms with E-state index in [1.165, 1.54) is 19.3 Å². The van der Waals surface area contributed by atoms with E-state index in [0.29, 0.717) is 12.2 Å². The number of hydrogen-bond donors (Lipinski definition) is 0. The molecule has 2 rings (SSSR count). The first-order chi connectivity index (χ1) is 7.73. The SMILES string of the molecule is CO[Si](CCC1CCC2OC2C1)(OC)OC.S. The van der Waals surface area contributed by atoms with Crippen LogP contribution in [0.4, 0.5) is 0 Å². The Morgan fingerprint density at radius 2 is 1.71 bits per heavy atom. The molecule has 0 aromatic heterocycles. The standard InChI is InChI=1S/C11H22O4Si.H2S/c1-12-16(13-2,14-3)7-6-9-4-5-10-11(8-9)15-10;/h9-11H,4-8H2,1-3H3;1H2. The zero-order valence-corrected chi connectivity index (χ0v) is 12.9. The number of epoxide rings is 1. The predicted octanol–water partition coefficient (Wildman–Crippen LogP) is 1.93. The second kappa shape index (κ2) is 6.54. The lowest BCUT2D eigenvalue weighted by Crippen LogP contribution is -2.43. The second-order valence-corrected chi connectivity index (χ2v) is 7.82. The van der Waals surface area contributed by atoms with Crippen LogP contribution in [0.25, 0.3) is 0 Å². The van der Waals surface area contributed by atoms with Crippen molar-refractivity contribution in [3.63, 3.8) is 0 Å². The average Bonchev–Trinajstić information content (AvgIpc) is 3.10. The molecule has 1 aliphatic carbocycles. The Morgan fingerprint density at radius 1 is 1.06 bits per heavy atom. The van der Waals surface area contributed by atoms with Gasteiger partial charge in [-0.15, -0.1) is 0 Å². The Bertz CT molecular complexity index is 229. The maximum atomic E-state index is 5.54. The number of rotatable bonds is 6. The Kier molecular flexibility index (Phi) is 5.95. The molecule has 2 fully saturated rings. The molecule has 3 unspecified atom stereocenters. The summed E-state index contributed by atoms with van der Waals surface area (Å²) in [5.41, 5.74) is 0. The molecule has 1 saturated heterocycles. The van der Waals surface area contributed by atoms with Gasteiger partial charge in [-0.25, -0.2) is 0 Å². The summed E-state index contributed by atoms with van der Waals surface area (Å²) >= 11 is 0. The highest BCUT2D eigenvalue weighted by Gasteiger charge is 2.45. The molecule has 0 radical (unpaired) electrons. The van der Waals surface area contributed by atoms with Crippen molar-refractivity contribution in [2.45, 2.75) is 43.9 Å². The van der Waals surface area contributed by atoms with Crippen molar-refractivity contribution in [1.82, 2.24) is 0 Å². The molecule has 1 saturated carbocycles. The van der Waals surface area contributed by atoms with E-state index in [1.807, 2.05) is 0 Å². The summed E-state index contributed by atoms with van der Waals surface area (Å²) in [5, 5.41) is 0. The summed E-state index contributed by atoms with van der Waals surface area (Å²) in [7, 11) is 2.69. The van der Waals surface area contributed by atoms with Gasteiger partial charge in [0, 0.05) is 27.4 Å². The molecule has 3 atom stereocenters. The molecular formula is C11H24O4SSi. The van der Waals surface area contributed by atoms with Crippen molar-refractivity contribution in [3.8, 4) is 0 Å². The van der Waals surface area contributed by atoms with Crippen LogP contribution in [0.1, 0.15) is 25.7 Å². The molecule has 0 bridgehead atoms. The molecule has 0 aromatic carbocycles. The third-order valence-corrected chi connectivity index (χ3v) is 6.67. The zero-order chi connectivity index (χ0) is 11.6. The van der Waals surface area contributed by atoms with Crippen molar-refractivity contribution >= 4 is 22.3 Å². The average molecular weight is 280 g/mol. The van der Waals surface area contributed by atoms with Crippen LogP contribution in [-0.4, -0.2) is 42.3 Å². The Morgan fingerprint density at radius 3 is 2.24 bits per heavy atom. The van der Waals surface area contributed by atoms with Crippen LogP contribution >= 0.6 is 13.5 Å². The second-order valence-electron chi connectivity index (χ2n) is 4.73. The van der Waals surface area contributed by atoms with Crippen LogP contribution in [0, 0.1) is 5.92 Å². The minimum atomic E-state index is -2.35. The van der Waals surface area contributed by atoms with Gasteiger partial charge in [0.2, 0.25) is 0 Å². The third-order valence-electron chi connectivity index (χ3n) is 3.90. The van der Waals surface area contributed by atoms with Crippen LogP contribution in [0.2, 0.25) is 6.04 Å². The highest BCUT2D eigenvalue weighted by molar-refractivity contribution is 7.59. The van der Waals surface area contributed by atoms with E-state index < -0.39 is 8.80 Å². The molecule has 0 N–H and O–H groups in total. The van der Waals surface area contributed by atoms with Crippen molar-refractivity contribution < 1.29 is 18.0 Å². The molecule has 102 valence electrons. The van der Waals surface area contributed by atoms with Crippen LogP contribution in [-0.2, 0) is 18.0 Å². The van der Waals surface area contributed by atoms with Gasteiger partial charge in [0.25, 0.3) is 0 Å². The molecular weight excluding hydrogens is 256 g/mol. The van der Waals surface area contributed by atoms with E-state index in [9.17, 15) is 0 Å². The lowest BCUT2D eigenvalue weighted by molar-refractivity contribution is 0.120. The molecule has 6 heteroatoms. The fourth-order valence-electron chi connectivity index (χ4n) is 2.69. The van der Waals surface area contributed by atoms with Crippen LogP contribution in [0.3, 0.4) is 0 Å². The summed E-state index contributed by atoms with van der Waals surface area (Å²) < 4.78 is 21.8. The zero-order valence-electron chi connectivity index (χ0n) is 10.9. The smallest absolute Gasteiger partial charge is 0.377 e. The lowest BCUT2D eigenvalue weighted by Gasteiger charge is -2.27. The quantitative estimate of drug-likeness (QED) is 0.551. The summed E-state index contributed by atoms with van der Waals surface area (Å²) in [6.45, 7) is 0. The minimum absolute atomic E-state index is 0. The Labute approximate surface area is 112 Å². The van der Waals surface area contributed by atoms with Crippen LogP contribution < -0.4 is 0 Å². The molecule has 1 heterocycles. The van der Waals surface area contributed by atoms with Crippen molar-refractivity contribution in [2.75, 3.05) is 21.3 Å². The molecule has 4 nitrogen and oxygen atoms in total. The summed E-state index contributed by atoms with van der Waals surface area (Å²) in [5.74, 6) is 0.760. The summed E-state index contributed by atoms with van der Waals surface area (Å²) in [6.07, 6.45) is 6.01. The summed E-state index contributed by atoms with van der Waals surface area (Å²) in [6, 6.07) is 0.915. The minimum Gasteiger partial charge on any atom is -0.377 e. The Hall–Kier alpha value is 0.407.